The fourth-order valence-corrected chi connectivity index (χ4v) is 4.07. The van der Waals surface area contributed by atoms with E-state index in [0.29, 0.717) is 35.8 Å². The van der Waals surface area contributed by atoms with Crippen LogP contribution in [0.1, 0.15) is 50.5 Å². The van der Waals surface area contributed by atoms with Gasteiger partial charge in [0.25, 0.3) is 5.91 Å². The number of ether oxygens (including phenoxy) is 1. The Hall–Kier alpha value is -2.16. The number of halogens is 1. The number of nitrogens with one attached hydrogen (secondary N) is 2. The Bertz CT molecular complexity index is 947. The highest BCUT2D eigenvalue weighted by Crippen LogP contribution is 2.27. The predicted octanol–water partition coefficient (Wildman–Crippen LogP) is 2.76. The zero-order valence-corrected chi connectivity index (χ0v) is 19.7. The molecule has 0 radical (unpaired) electrons. The third-order valence-corrected chi connectivity index (χ3v) is 5.97. The maximum absolute atomic E-state index is 13.3. The number of aliphatic hydroxyl groups excluding tert-OH is 1. The van der Waals surface area contributed by atoms with E-state index in [4.69, 9.17) is 21.4 Å². The molecule has 9 heteroatoms. The van der Waals surface area contributed by atoms with Crippen LogP contribution in [0.25, 0.3) is 10.9 Å². The molecule has 3 rings (SSSR count). The Kier molecular flexibility index (Phi) is 8.14. The molecule has 0 spiro atoms. The lowest BCUT2D eigenvalue weighted by Gasteiger charge is -2.30. The summed E-state index contributed by atoms with van der Waals surface area (Å²) in [5, 5.41) is 20.4. The molecule has 1 aliphatic rings. The minimum absolute atomic E-state index is 0.00979. The molecule has 0 aliphatic carbocycles. The Morgan fingerprint density at radius 2 is 2.03 bits per heavy atom. The van der Waals surface area contributed by atoms with Crippen LogP contribution in [0, 0.1) is 11.3 Å². The van der Waals surface area contributed by atoms with Crippen molar-refractivity contribution in [3.8, 4) is 0 Å². The first-order valence-corrected chi connectivity index (χ1v) is 11.5. The van der Waals surface area contributed by atoms with Gasteiger partial charge in [0.15, 0.2) is 5.69 Å². The number of hydrogen-bond donors (Lipinski definition) is 3. The number of carbonyl (C=O) groups excluding carboxylic acids is 2. The summed E-state index contributed by atoms with van der Waals surface area (Å²) in [6.45, 7) is 8.18. The van der Waals surface area contributed by atoms with Crippen molar-refractivity contribution in [2.75, 3.05) is 26.4 Å². The first-order chi connectivity index (χ1) is 15.2. The largest absolute Gasteiger partial charge is 0.396 e. The lowest BCUT2D eigenvalue weighted by atomic mass is 9.86. The Labute approximate surface area is 193 Å². The van der Waals surface area contributed by atoms with Crippen LogP contribution in [0.5, 0.6) is 0 Å². The summed E-state index contributed by atoms with van der Waals surface area (Å²) >= 11 is 6.23. The summed E-state index contributed by atoms with van der Waals surface area (Å²) in [5.41, 5.74) is 0.578. The topological polar surface area (TPSA) is 105 Å². The van der Waals surface area contributed by atoms with Crippen LogP contribution in [0.3, 0.4) is 0 Å². The minimum Gasteiger partial charge on any atom is -0.396 e. The molecule has 2 heterocycles. The number of benzene rings is 1. The van der Waals surface area contributed by atoms with E-state index in [0.717, 1.165) is 31.6 Å². The monoisotopic (exact) mass is 464 g/mol. The molecule has 3 N–H and O–H groups in total. The predicted molar refractivity (Wildman–Crippen MR) is 124 cm³/mol. The van der Waals surface area contributed by atoms with Crippen molar-refractivity contribution in [2.45, 2.75) is 52.6 Å². The molecule has 8 nitrogen and oxygen atoms in total. The Balaban J connectivity index is 1.86. The number of aromatic nitrogens is 2. The molecule has 2 aromatic rings. The van der Waals surface area contributed by atoms with Crippen LogP contribution in [-0.4, -0.2) is 59.1 Å². The number of fused-ring (bicyclic) bond motifs is 1. The van der Waals surface area contributed by atoms with Gasteiger partial charge in [0.2, 0.25) is 5.91 Å². The first kappa shape index (κ1) is 24.5. The molecule has 176 valence electrons. The van der Waals surface area contributed by atoms with E-state index in [1.165, 1.54) is 0 Å². The van der Waals surface area contributed by atoms with Gasteiger partial charge >= 0.3 is 0 Å². The SMILES string of the molecule is CC(C)(C)[C@H](NC(=O)c1nn(CC2CCOCC2)c2ccc(Cl)cc12)C(=O)NCCCO. The molecule has 32 heavy (non-hydrogen) atoms. The molecule has 1 aromatic heterocycles. The normalized spacial score (nSPS) is 16.2. The second kappa shape index (κ2) is 10.6. The maximum Gasteiger partial charge on any atom is 0.273 e. The van der Waals surface area contributed by atoms with Crippen molar-refractivity contribution < 1.29 is 19.4 Å². The zero-order chi connectivity index (χ0) is 23.3. The number of amides is 2. The number of hydrogen-bond acceptors (Lipinski definition) is 5. The summed E-state index contributed by atoms with van der Waals surface area (Å²) in [6.07, 6.45) is 2.36. The third kappa shape index (κ3) is 5.99. The maximum atomic E-state index is 13.3. The Morgan fingerprint density at radius 1 is 1.31 bits per heavy atom. The molecule has 1 aromatic carbocycles. The van der Waals surface area contributed by atoms with Gasteiger partial charge in [-0.3, -0.25) is 14.3 Å². The quantitative estimate of drug-likeness (QED) is 0.521. The number of rotatable bonds is 8. The van der Waals surface area contributed by atoms with Crippen LogP contribution in [0.15, 0.2) is 18.2 Å². The van der Waals surface area contributed by atoms with Crippen LogP contribution < -0.4 is 10.6 Å². The van der Waals surface area contributed by atoms with Crippen LogP contribution in [-0.2, 0) is 16.1 Å². The van der Waals surface area contributed by atoms with Crippen LogP contribution in [0.2, 0.25) is 5.02 Å². The Morgan fingerprint density at radius 3 is 2.69 bits per heavy atom. The minimum atomic E-state index is -0.761. The van der Waals surface area contributed by atoms with E-state index in [1.54, 1.807) is 12.1 Å². The average molecular weight is 465 g/mol. The van der Waals surface area contributed by atoms with Crippen molar-refractivity contribution in [3.05, 3.63) is 28.9 Å². The number of nitrogens with zero attached hydrogens (tertiary/aromatic N) is 2. The number of aliphatic hydroxyl groups is 1. The molecule has 0 bridgehead atoms. The van der Waals surface area contributed by atoms with E-state index in [1.807, 2.05) is 31.5 Å². The summed E-state index contributed by atoms with van der Waals surface area (Å²) in [6, 6.07) is 4.65. The molecule has 0 saturated carbocycles. The summed E-state index contributed by atoms with van der Waals surface area (Å²) < 4.78 is 7.32. The summed E-state index contributed by atoms with van der Waals surface area (Å²) in [7, 11) is 0. The van der Waals surface area contributed by atoms with Gasteiger partial charge in [-0.2, -0.15) is 5.10 Å². The lowest BCUT2D eigenvalue weighted by molar-refractivity contribution is -0.125. The fraction of sp³-hybridized carbons (Fsp3) is 0.609. The van der Waals surface area contributed by atoms with Gasteiger partial charge in [-0.1, -0.05) is 32.4 Å². The molecule has 1 aliphatic heterocycles. The molecule has 1 saturated heterocycles. The van der Waals surface area contributed by atoms with Gasteiger partial charge in [-0.05, 0) is 48.8 Å². The van der Waals surface area contributed by atoms with Crippen molar-refractivity contribution in [2.24, 2.45) is 11.3 Å². The summed E-state index contributed by atoms with van der Waals surface area (Å²) in [5.74, 6) is -0.276. The second-order valence-electron chi connectivity index (χ2n) is 9.39. The van der Waals surface area contributed by atoms with E-state index in [2.05, 4.69) is 15.7 Å². The van der Waals surface area contributed by atoms with E-state index in [-0.39, 0.29) is 18.2 Å². The molecular weight excluding hydrogens is 432 g/mol. The van der Waals surface area contributed by atoms with E-state index in [9.17, 15) is 9.59 Å². The highest BCUT2D eigenvalue weighted by atomic mass is 35.5. The van der Waals surface area contributed by atoms with Gasteiger partial charge < -0.3 is 20.5 Å². The summed E-state index contributed by atoms with van der Waals surface area (Å²) in [4.78, 5) is 26.0. The molecule has 1 atom stereocenters. The van der Waals surface area contributed by atoms with E-state index < -0.39 is 17.4 Å². The van der Waals surface area contributed by atoms with Gasteiger partial charge in [-0.25, -0.2) is 0 Å². The van der Waals surface area contributed by atoms with Crippen LogP contribution in [0.4, 0.5) is 0 Å². The van der Waals surface area contributed by atoms with Crippen molar-refractivity contribution in [3.63, 3.8) is 0 Å². The molecule has 0 unspecified atom stereocenters. The standard InChI is InChI=1S/C23H33ClN4O4/c1-23(2,3)20(22(31)25-9-4-10-29)26-21(30)19-17-13-16(24)5-6-18(17)28(27-19)14-15-7-11-32-12-8-15/h5-6,13,15,20,29H,4,7-12,14H2,1-3H3,(H,25,31)(H,26,30)/t20-/m1/s1. The van der Waals surface area contributed by atoms with Gasteiger partial charge in [-0.15, -0.1) is 0 Å². The van der Waals surface area contributed by atoms with Gasteiger partial charge in [0.05, 0.1) is 5.52 Å². The van der Waals surface area contributed by atoms with Crippen LogP contribution >= 0.6 is 11.6 Å². The molecular formula is C23H33ClN4O4. The van der Waals surface area contributed by atoms with Crippen molar-refractivity contribution in [1.29, 1.82) is 0 Å². The highest BCUT2D eigenvalue weighted by molar-refractivity contribution is 6.31. The zero-order valence-electron chi connectivity index (χ0n) is 19.0. The van der Waals surface area contributed by atoms with Gasteiger partial charge in [0, 0.05) is 43.3 Å². The highest BCUT2D eigenvalue weighted by Gasteiger charge is 2.34. The lowest BCUT2D eigenvalue weighted by Crippen LogP contribution is -2.53. The van der Waals surface area contributed by atoms with E-state index >= 15 is 0 Å². The second-order valence-corrected chi connectivity index (χ2v) is 9.83. The third-order valence-electron chi connectivity index (χ3n) is 5.74. The average Bonchev–Trinajstić information content (AvgIpc) is 3.09. The molecule has 1 fully saturated rings. The van der Waals surface area contributed by atoms with Crippen molar-refractivity contribution in [1.82, 2.24) is 20.4 Å². The fourth-order valence-electron chi connectivity index (χ4n) is 3.90. The van der Waals surface area contributed by atoms with Crippen molar-refractivity contribution >= 4 is 34.3 Å². The smallest absolute Gasteiger partial charge is 0.273 e. The first-order valence-electron chi connectivity index (χ1n) is 11.1. The molecule has 2 amide bonds. The van der Waals surface area contributed by atoms with Gasteiger partial charge in [0.1, 0.15) is 6.04 Å². The number of carbonyl (C=O) groups is 2.